The minimum atomic E-state index is -1.52. The van der Waals surface area contributed by atoms with Crippen LogP contribution < -0.4 is 10.5 Å². The van der Waals surface area contributed by atoms with E-state index in [-0.39, 0.29) is 0 Å². The first kappa shape index (κ1) is 8.25. The van der Waals surface area contributed by atoms with E-state index in [2.05, 4.69) is 0 Å². The number of thiophene rings is 1. The number of hydrogen-bond acceptors (Lipinski definition) is 4. The summed E-state index contributed by atoms with van der Waals surface area (Å²) < 4.78 is 0.318. The molecule has 0 saturated carbocycles. The zero-order valence-electron chi connectivity index (χ0n) is 5.52. The van der Waals surface area contributed by atoms with Crippen molar-refractivity contribution in [2.75, 3.05) is 0 Å². The standard InChI is InChI=1S/C5H6BNO3S/c7-5(8)3-1-2-4(11-3)6(9)10/h1-2,9-10H,(H2,7,8). The van der Waals surface area contributed by atoms with Crippen molar-refractivity contribution in [3.8, 4) is 0 Å². The van der Waals surface area contributed by atoms with Crippen LogP contribution in [0.3, 0.4) is 0 Å². The fourth-order valence-corrected chi connectivity index (χ4v) is 1.36. The first-order valence-corrected chi connectivity index (χ1v) is 3.68. The molecule has 0 aliphatic rings. The van der Waals surface area contributed by atoms with E-state index >= 15 is 0 Å². The van der Waals surface area contributed by atoms with Crippen LogP contribution in [0.2, 0.25) is 0 Å². The smallest absolute Gasteiger partial charge is 0.423 e. The molecule has 0 unspecified atom stereocenters. The van der Waals surface area contributed by atoms with Gasteiger partial charge in [0, 0.05) is 4.78 Å². The molecule has 1 aromatic rings. The van der Waals surface area contributed by atoms with Crippen LogP contribution >= 0.6 is 11.3 Å². The highest BCUT2D eigenvalue weighted by Crippen LogP contribution is 2.05. The molecule has 0 aliphatic carbocycles. The second kappa shape index (κ2) is 3.04. The number of hydrogen-bond donors (Lipinski definition) is 3. The molecular weight excluding hydrogens is 165 g/mol. The molecule has 6 heteroatoms. The third-order valence-electron chi connectivity index (χ3n) is 1.12. The summed E-state index contributed by atoms with van der Waals surface area (Å²) in [5.74, 6) is -0.554. The maximum Gasteiger partial charge on any atom is 0.499 e. The van der Waals surface area contributed by atoms with E-state index in [1.165, 1.54) is 12.1 Å². The van der Waals surface area contributed by atoms with Gasteiger partial charge in [0.15, 0.2) is 0 Å². The van der Waals surface area contributed by atoms with Crippen molar-refractivity contribution in [3.63, 3.8) is 0 Å². The summed E-state index contributed by atoms with van der Waals surface area (Å²) in [6.07, 6.45) is 0. The van der Waals surface area contributed by atoms with E-state index in [0.29, 0.717) is 9.65 Å². The molecular formula is C5H6BNO3S. The summed E-state index contributed by atoms with van der Waals surface area (Å²) in [5, 5.41) is 17.3. The van der Waals surface area contributed by atoms with Gasteiger partial charge in [0.2, 0.25) is 0 Å². The Morgan fingerprint density at radius 1 is 1.55 bits per heavy atom. The summed E-state index contributed by atoms with van der Waals surface area (Å²) in [5.41, 5.74) is 4.94. The second-order valence-electron chi connectivity index (χ2n) is 1.94. The number of amides is 1. The fourth-order valence-electron chi connectivity index (χ4n) is 0.624. The van der Waals surface area contributed by atoms with Gasteiger partial charge in [-0.05, 0) is 6.07 Å². The molecule has 0 saturated heterocycles. The first-order chi connectivity index (χ1) is 5.11. The van der Waals surface area contributed by atoms with Gasteiger partial charge in [-0.15, -0.1) is 11.3 Å². The first-order valence-electron chi connectivity index (χ1n) is 2.87. The summed E-state index contributed by atoms with van der Waals surface area (Å²) in [6, 6.07) is 2.91. The minimum Gasteiger partial charge on any atom is -0.423 e. The number of primary amides is 1. The Morgan fingerprint density at radius 3 is 2.45 bits per heavy atom. The molecule has 0 fully saturated rings. The average Bonchev–Trinajstić information content (AvgIpc) is 2.33. The molecule has 1 rings (SSSR count). The molecule has 1 heterocycles. The van der Waals surface area contributed by atoms with Crippen molar-refractivity contribution in [2.24, 2.45) is 5.73 Å². The van der Waals surface area contributed by atoms with Crippen molar-refractivity contribution in [1.29, 1.82) is 0 Å². The molecule has 58 valence electrons. The van der Waals surface area contributed by atoms with Crippen LogP contribution in [0.1, 0.15) is 9.67 Å². The molecule has 4 nitrogen and oxygen atoms in total. The second-order valence-corrected chi connectivity index (χ2v) is 3.06. The lowest BCUT2D eigenvalue weighted by atomic mass is 9.90. The number of carbonyl (C=O) groups is 1. The quantitative estimate of drug-likeness (QED) is 0.475. The van der Waals surface area contributed by atoms with Crippen LogP contribution in [0.5, 0.6) is 0 Å². The summed E-state index contributed by atoms with van der Waals surface area (Å²) in [7, 11) is -1.52. The van der Waals surface area contributed by atoms with E-state index in [4.69, 9.17) is 15.8 Å². The molecule has 11 heavy (non-hydrogen) atoms. The van der Waals surface area contributed by atoms with Gasteiger partial charge in [-0.25, -0.2) is 0 Å². The van der Waals surface area contributed by atoms with Crippen molar-refractivity contribution in [3.05, 3.63) is 17.0 Å². The number of rotatable bonds is 2. The number of carbonyl (C=O) groups excluding carboxylic acids is 1. The highest BCUT2D eigenvalue weighted by molar-refractivity contribution is 7.23. The highest BCUT2D eigenvalue weighted by atomic mass is 32.1. The summed E-state index contributed by atoms with van der Waals surface area (Å²) in [4.78, 5) is 10.8. The van der Waals surface area contributed by atoms with Crippen molar-refractivity contribution in [1.82, 2.24) is 0 Å². The molecule has 0 spiro atoms. The molecule has 0 aromatic carbocycles. The molecule has 1 amide bonds. The van der Waals surface area contributed by atoms with Gasteiger partial charge >= 0.3 is 7.12 Å². The van der Waals surface area contributed by atoms with E-state index in [1.54, 1.807) is 0 Å². The van der Waals surface area contributed by atoms with E-state index in [1.807, 2.05) is 0 Å². The van der Waals surface area contributed by atoms with Crippen LogP contribution in [0.4, 0.5) is 0 Å². The Balaban J connectivity index is 2.90. The van der Waals surface area contributed by atoms with Gasteiger partial charge in [0.1, 0.15) is 0 Å². The molecule has 0 aliphatic heterocycles. The topological polar surface area (TPSA) is 83.6 Å². The Bertz CT molecular complexity index is 272. The molecule has 0 radical (unpaired) electrons. The van der Waals surface area contributed by atoms with Gasteiger partial charge in [-0.2, -0.15) is 0 Å². The Kier molecular flexibility index (Phi) is 2.28. The lowest BCUT2D eigenvalue weighted by molar-refractivity contribution is 0.100. The monoisotopic (exact) mass is 171 g/mol. The van der Waals surface area contributed by atoms with Crippen molar-refractivity contribution in [2.45, 2.75) is 0 Å². The third kappa shape index (κ3) is 1.80. The average molecular weight is 171 g/mol. The highest BCUT2D eigenvalue weighted by Gasteiger charge is 2.14. The fraction of sp³-hybridized carbons (Fsp3) is 0. The van der Waals surface area contributed by atoms with Crippen LogP contribution in [0.15, 0.2) is 12.1 Å². The zero-order chi connectivity index (χ0) is 8.43. The van der Waals surface area contributed by atoms with E-state index in [9.17, 15) is 4.79 Å². The van der Waals surface area contributed by atoms with Gasteiger partial charge < -0.3 is 15.8 Å². The lowest BCUT2D eigenvalue weighted by Gasteiger charge is -1.89. The molecule has 4 N–H and O–H groups in total. The van der Waals surface area contributed by atoms with Gasteiger partial charge in [-0.3, -0.25) is 4.79 Å². The SMILES string of the molecule is NC(=O)c1ccc(B(O)O)s1. The predicted octanol–water partition coefficient (Wildman–Crippen LogP) is -1.47. The maximum atomic E-state index is 10.5. The van der Waals surface area contributed by atoms with E-state index < -0.39 is 13.0 Å². The van der Waals surface area contributed by atoms with Crippen LogP contribution in [0, 0.1) is 0 Å². The van der Waals surface area contributed by atoms with Crippen molar-refractivity contribution < 1.29 is 14.8 Å². The lowest BCUT2D eigenvalue weighted by Crippen LogP contribution is -2.26. The van der Waals surface area contributed by atoms with Crippen LogP contribution in [-0.4, -0.2) is 23.1 Å². The third-order valence-corrected chi connectivity index (χ3v) is 2.26. The zero-order valence-corrected chi connectivity index (χ0v) is 6.34. The predicted molar refractivity (Wildman–Crippen MR) is 42.7 cm³/mol. The summed E-state index contributed by atoms with van der Waals surface area (Å²) in [6.45, 7) is 0. The Labute approximate surface area is 67.4 Å². The van der Waals surface area contributed by atoms with Gasteiger partial charge in [0.05, 0.1) is 4.88 Å². The Morgan fingerprint density at radius 2 is 2.18 bits per heavy atom. The van der Waals surface area contributed by atoms with Crippen LogP contribution in [0.25, 0.3) is 0 Å². The molecule has 0 bridgehead atoms. The van der Waals surface area contributed by atoms with E-state index in [0.717, 1.165) is 11.3 Å². The largest absolute Gasteiger partial charge is 0.499 e. The minimum absolute atomic E-state index is 0.318. The maximum absolute atomic E-state index is 10.5. The summed E-state index contributed by atoms with van der Waals surface area (Å²) >= 11 is 0.975. The van der Waals surface area contributed by atoms with Gasteiger partial charge in [-0.1, -0.05) is 6.07 Å². The normalized spacial score (nSPS) is 9.64. The number of nitrogens with two attached hydrogens (primary N) is 1. The van der Waals surface area contributed by atoms with Gasteiger partial charge in [0.25, 0.3) is 5.91 Å². The Hall–Kier alpha value is -0.845. The molecule has 0 atom stereocenters. The van der Waals surface area contributed by atoms with Crippen LogP contribution in [-0.2, 0) is 0 Å². The van der Waals surface area contributed by atoms with Crippen molar-refractivity contribution >= 4 is 29.1 Å². The molecule has 1 aromatic heterocycles.